The highest BCUT2D eigenvalue weighted by Gasteiger charge is 2.30. The predicted octanol–water partition coefficient (Wildman–Crippen LogP) is 5.39. The highest BCUT2D eigenvalue weighted by Crippen LogP contribution is 2.20. The van der Waals surface area contributed by atoms with Gasteiger partial charge in [-0.1, -0.05) is 84.9 Å². The van der Waals surface area contributed by atoms with Crippen LogP contribution >= 0.6 is 11.8 Å². The van der Waals surface area contributed by atoms with Crippen LogP contribution in [-0.2, 0) is 28.3 Å². The molecular weight excluding hydrogens is 440 g/mol. The Morgan fingerprint density at radius 3 is 2.06 bits per heavy atom. The van der Waals surface area contributed by atoms with Crippen molar-refractivity contribution in [2.75, 3.05) is 5.75 Å². The number of hydrogen-bond acceptors (Lipinski definition) is 3. The van der Waals surface area contributed by atoms with Gasteiger partial charge in [-0.2, -0.15) is 0 Å². The van der Waals surface area contributed by atoms with Gasteiger partial charge in [0.05, 0.1) is 5.75 Å². The number of thioether (sulfide) groups is 1. The number of amides is 2. The average Bonchev–Trinajstić information content (AvgIpc) is 2.83. The lowest BCUT2D eigenvalue weighted by Crippen LogP contribution is -2.52. The molecule has 1 N–H and O–H groups in total. The van der Waals surface area contributed by atoms with Crippen LogP contribution in [0.4, 0.5) is 0 Å². The lowest BCUT2D eigenvalue weighted by atomic mass is 10.0. The molecule has 0 saturated heterocycles. The topological polar surface area (TPSA) is 49.4 Å². The van der Waals surface area contributed by atoms with E-state index in [-0.39, 0.29) is 17.9 Å². The first kappa shape index (κ1) is 25.6. The molecule has 5 heteroatoms. The van der Waals surface area contributed by atoms with Crippen LogP contribution in [0.5, 0.6) is 0 Å². The summed E-state index contributed by atoms with van der Waals surface area (Å²) in [5, 5.41) is 3.04. The molecular formula is C29H34N2O2S. The first-order valence-corrected chi connectivity index (χ1v) is 12.9. The van der Waals surface area contributed by atoms with Crippen LogP contribution < -0.4 is 5.32 Å². The van der Waals surface area contributed by atoms with Crippen LogP contribution in [-0.4, -0.2) is 34.6 Å². The van der Waals surface area contributed by atoms with Crippen molar-refractivity contribution >= 4 is 23.6 Å². The Hall–Kier alpha value is -3.05. The summed E-state index contributed by atoms with van der Waals surface area (Å²) in [6.07, 6.45) is 0.473. The predicted molar refractivity (Wildman–Crippen MR) is 142 cm³/mol. The van der Waals surface area contributed by atoms with Gasteiger partial charge in [0.1, 0.15) is 6.04 Å². The number of rotatable bonds is 11. The van der Waals surface area contributed by atoms with Crippen LogP contribution in [0, 0.1) is 6.92 Å². The summed E-state index contributed by atoms with van der Waals surface area (Å²) < 4.78 is 0. The maximum atomic E-state index is 13.6. The Bertz CT molecular complexity index is 1050. The molecule has 3 aromatic carbocycles. The highest BCUT2D eigenvalue weighted by atomic mass is 32.2. The molecule has 0 radical (unpaired) electrons. The highest BCUT2D eigenvalue weighted by molar-refractivity contribution is 7.99. The van der Waals surface area contributed by atoms with Crippen LogP contribution in [0.1, 0.15) is 36.1 Å². The number of aryl methyl sites for hydroxylation is 1. The molecule has 0 aliphatic carbocycles. The number of benzene rings is 3. The van der Waals surface area contributed by atoms with Crippen LogP contribution in [0.25, 0.3) is 0 Å². The van der Waals surface area contributed by atoms with Crippen molar-refractivity contribution in [2.45, 2.75) is 51.6 Å². The molecule has 178 valence electrons. The Balaban J connectivity index is 1.86. The zero-order chi connectivity index (χ0) is 24.3. The first-order chi connectivity index (χ1) is 16.4. The van der Waals surface area contributed by atoms with Crippen molar-refractivity contribution in [3.8, 4) is 0 Å². The van der Waals surface area contributed by atoms with Gasteiger partial charge in [-0.15, -0.1) is 11.8 Å². The first-order valence-electron chi connectivity index (χ1n) is 11.7. The standard InChI is InChI=1S/C29H34N2O2S/c1-22(2)30-29(33)27(18-24-13-6-4-7-14-24)31(19-26-17-11-10-12-23(26)3)28(32)21-34-20-25-15-8-5-9-16-25/h4-17,22,27H,18-21H2,1-3H3,(H,30,33). The van der Waals surface area contributed by atoms with Crippen molar-refractivity contribution in [1.82, 2.24) is 10.2 Å². The van der Waals surface area contributed by atoms with Gasteiger partial charge >= 0.3 is 0 Å². The molecule has 0 aliphatic heterocycles. The van der Waals surface area contributed by atoms with Crippen LogP contribution in [0.3, 0.4) is 0 Å². The molecule has 2 amide bonds. The summed E-state index contributed by atoms with van der Waals surface area (Å²) in [5.41, 5.74) is 4.38. The quantitative estimate of drug-likeness (QED) is 0.405. The number of nitrogens with zero attached hydrogens (tertiary/aromatic N) is 1. The van der Waals surface area contributed by atoms with Crippen molar-refractivity contribution < 1.29 is 9.59 Å². The molecule has 34 heavy (non-hydrogen) atoms. The van der Waals surface area contributed by atoms with Crippen molar-refractivity contribution in [3.63, 3.8) is 0 Å². The van der Waals surface area contributed by atoms with E-state index in [1.807, 2.05) is 93.6 Å². The minimum absolute atomic E-state index is 0.00589. The molecule has 3 aromatic rings. The third kappa shape index (κ3) is 7.77. The second-order valence-corrected chi connectivity index (χ2v) is 9.78. The fourth-order valence-electron chi connectivity index (χ4n) is 3.82. The third-order valence-corrected chi connectivity index (χ3v) is 6.63. The van der Waals surface area contributed by atoms with E-state index in [2.05, 4.69) is 17.4 Å². The minimum atomic E-state index is -0.589. The monoisotopic (exact) mass is 474 g/mol. The Morgan fingerprint density at radius 2 is 1.44 bits per heavy atom. The zero-order valence-corrected chi connectivity index (χ0v) is 21.1. The smallest absolute Gasteiger partial charge is 0.243 e. The Labute approximate surface area is 207 Å². The summed E-state index contributed by atoms with van der Waals surface area (Å²) in [7, 11) is 0. The molecule has 1 unspecified atom stereocenters. The lowest BCUT2D eigenvalue weighted by molar-refractivity contribution is -0.139. The fourth-order valence-corrected chi connectivity index (χ4v) is 4.69. The van der Waals surface area contributed by atoms with Gasteiger partial charge in [-0.3, -0.25) is 9.59 Å². The lowest BCUT2D eigenvalue weighted by Gasteiger charge is -2.32. The average molecular weight is 475 g/mol. The molecule has 0 heterocycles. The van der Waals surface area contributed by atoms with E-state index < -0.39 is 6.04 Å². The number of hydrogen-bond donors (Lipinski definition) is 1. The van der Waals surface area contributed by atoms with E-state index in [1.165, 1.54) is 5.56 Å². The van der Waals surface area contributed by atoms with Gasteiger partial charge in [0.15, 0.2) is 0 Å². The van der Waals surface area contributed by atoms with E-state index in [9.17, 15) is 9.59 Å². The summed E-state index contributed by atoms with van der Waals surface area (Å²) in [6.45, 7) is 6.34. The molecule has 0 spiro atoms. The van der Waals surface area contributed by atoms with E-state index in [0.717, 1.165) is 22.4 Å². The summed E-state index contributed by atoms with van der Waals surface area (Å²) in [5.74, 6) is 0.936. The Kier molecular flexibility index (Phi) is 9.77. The Morgan fingerprint density at radius 1 is 0.853 bits per heavy atom. The molecule has 0 saturated carbocycles. The summed E-state index contributed by atoms with van der Waals surface area (Å²) in [4.78, 5) is 28.7. The van der Waals surface area contributed by atoms with E-state index in [4.69, 9.17) is 0 Å². The van der Waals surface area contributed by atoms with Gasteiger partial charge in [0.25, 0.3) is 0 Å². The van der Waals surface area contributed by atoms with Crippen LogP contribution in [0.2, 0.25) is 0 Å². The van der Waals surface area contributed by atoms with E-state index in [0.29, 0.717) is 18.7 Å². The molecule has 1 atom stereocenters. The molecule has 3 rings (SSSR count). The SMILES string of the molecule is Cc1ccccc1CN(C(=O)CSCc1ccccc1)C(Cc1ccccc1)C(=O)NC(C)C. The molecule has 0 bridgehead atoms. The van der Waals surface area contributed by atoms with Gasteiger partial charge in [-0.05, 0) is 43.0 Å². The van der Waals surface area contributed by atoms with Gasteiger partial charge in [0, 0.05) is 24.8 Å². The van der Waals surface area contributed by atoms with Crippen molar-refractivity contribution in [2.24, 2.45) is 0 Å². The zero-order valence-electron chi connectivity index (χ0n) is 20.2. The van der Waals surface area contributed by atoms with Crippen LogP contribution in [0.15, 0.2) is 84.9 Å². The largest absolute Gasteiger partial charge is 0.352 e. The van der Waals surface area contributed by atoms with Gasteiger partial charge in [0.2, 0.25) is 11.8 Å². The maximum Gasteiger partial charge on any atom is 0.243 e. The van der Waals surface area contributed by atoms with Gasteiger partial charge < -0.3 is 10.2 Å². The number of carbonyl (C=O) groups is 2. The molecule has 0 aromatic heterocycles. The van der Waals surface area contributed by atoms with E-state index in [1.54, 1.807) is 16.7 Å². The van der Waals surface area contributed by atoms with Crippen molar-refractivity contribution in [1.29, 1.82) is 0 Å². The minimum Gasteiger partial charge on any atom is -0.352 e. The number of nitrogens with one attached hydrogen (secondary N) is 1. The second kappa shape index (κ2) is 13.0. The normalized spacial score (nSPS) is 11.8. The van der Waals surface area contributed by atoms with E-state index >= 15 is 0 Å². The number of carbonyl (C=O) groups excluding carboxylic acids is 2. The summed E-state index contributed by atoms with van der Waals surface area (Å²) >= 11 is 1.58. The maximum absolute atomic E-state index is 13.6. The third-order valence-electron chi connectivity index (χ3n) is 5.64. The fraction of sp³-hybridized carbons (Fsp3) is 0.310. The second-order valence-electron chi connectivity index (χ2n) is 8.80. The van der Waals surface area contributed by atoms with Crippen molar-refractivity contribution in [3.05, 3.63) is 107 Å². The molecule has 0 aliphatic rings. The summed E-state index contributed by atoms with van der Waals surface area (Å²) in [6, 6.07) is 27.5. The molecule has 4 nitrogen and oxygen atoms in total. The van der Waals surface area contributed by atoms with Gasteiger partial charge in [-0.25, -0.2) is 0 Å². The molecule has 0 fully saturated rings.